The summed E-state index contributed by atoms with van der Waals surface area (Å²) in [7, 11) is 1.54. The van der Waals surface area contributed by atoms with E-state index in [0.29, 0.717) is 5.88 Å². The van der Waals surface area contributed by atoms with Gasteiger partial charge >= 0.3 is 5.97 Å². The van der Waals surface area contributed by atoms with Crippen LogP contribution >= 0.6 is 0 Å². The summed E-state index contributed by atoms with van der Waals surface area (Å²) in [5.41, 5.74) is 3.90. The number of aromatic nitrogens is 5. The maximum atomic E-state index is 11.4. The fourth-order valence-electron chi connectivity index (χ4n) is 3.74. The second kappa shape index (κ2) is 9.55. The average Bonchev–Trinajstić information content (AvgIpc) is 3.26. The quantitative estimate of drug-likeness (QED) is 0.541. The zero-order valence-corrected chi connectivity index (χ0v) is 17.5. The second-order valence-corrected chi connectivity index (χ2v) is 7.60. The maximum Gasteiger partial charge on any atom is 0.305 e. The number of fused-ring (bicyclic) bond motifs is 1. The van der Waals surface area contributed by atoms with Crippen LogP contribution in [0.3, 0.4) is 0 Å². The number of pyridine rings is 2. The zero-order chi connectivity index (χ0) is 21.6. The van der Waals surface area contributed by atoms with E-state index in [4.69, 9.17) is 9.72 Å². The number of ether oxygens (including phenoxy) is 1. The van der Waals surface area contributed by atoms with Crippen molar-refractivity contribution in [3.05, 3.63) is 59.2 Å². The molecule has 1 atom stereocenters. The topological polar surface area (TPSA) is 115 Å². The number of methoxy groups -OCH3 is 1. The number of aliphatic carboxylic acids is 1. The minimum absolute atomic E-state index is 0.131. The van der Waals surface area contributed by atoms with Gasteiger partial charge in [-0.3, -0.25) is 4.79 Å². The molecular formula is C22H26N6O3. The van der Waals surface area contributed by atoms with Gasteiger partial charge in [0.15, 0.2) is 0 Å². The standard InChI is InChI=1S/C22H26N6O3/c1-31-20-10-8-16(13-24-20)19(12-21(29)30)28-25-14-18(27-28)6-2-5-17-9-7-15-4-3-11-23-22(15)26-17/h7-10,13-14,19H,2-6,11-12H2,1H3,(H,23,26)(H,29,30)/t19-/m0/s1. The van der Waals surface area contributed by atoms with Gasteiger partial charge < -0.3 is 15.2 Å². The molecule has 0 aromatic carbocycles. The lowest BCUT2D eigenvalue weighted by Crippen LogP contribution is -2.18. The first-order valence-electron chi connectivity index (χ1n) is 10.5. The molecule has 0 amide bonds. The van der Waals surface area contributed by atoms with Crippen LogP contribution in [-0.2, 0) is 24.1 Å². The number of rotatable bonds is 9. The third-order valence-corrected chi connectivity index (χ3v) is 5.37. The summed E-state index contributed by atoms with van der Waals surface area (Å²) in [6.07, 6.45) is 7.89. The number of hydrogen-bond donors (Lipinski definition) is 2. The number of carboxylic acid groups (broad SMARTS) is 1. The van der Waals surface area contributed by atoms with Gasteiger partial charge in [0.2, 0.25) is 5.88 Å². The molecule has 162 valence electrons. The summed E-state index contributed by atoms with van der Waals surface area (Å²) in [5.74, 6) is 0.559. The normalized spacial score (nSPS) is 13.8. The van der Waals surface area contributed by atoms with E-state index in [1.54, 1.807) is 24.5 Å². The SMILES string of the molecule is COc1ccc([C@H](CC(=O)O)n2ncc(CCCc3ccc4c(n3)NCCC4)n2)cn1. The predicted molar refractivity (Wildman–Crippen MR) is 114 cm³/mol. The Morgan fingerprint density at radius 1 is 1.23 bits per heavy atom. The first kappa shape index (κ1) is 20.8. The van der Waals surface area contributed by atoms with Crippen LogP contribution in [0.2, 0.25) is 0 Å². The number of carboxylic acids is 1. The largest absolute Gasteiger partial charge is 0.481 e. The van der Waals surface area contributed by atoms with Gasteiger partial charge in [0.05, 0.1) is 25.4 Å². The van der Waals surface area contributed by atoms with Crippen LogP contribution in [0.4, 0.5) is 5.82 Å². The van der Waals surface area contributed by atoms with Gasteiger partial charge in [-0.05, 0) is 55.4 Å². The summed E-state index contributed by atoms with van der Waals surface area (Å²) in [6.45, 7) is 0.980. The summed E-state index contributed by atoms with van der Waals surface area (Å²) in [5, 5.41) is 21.6. The van der Waals surface area contributed by atoms with E-state index in [2.05, 4.69) is 32.6 Å². The van der Waals surface area contributed by atoms with Crippen LogP contribution in [0.5, 0.6) is 5.88 Å². The molecule has 0 saturated heterocycles. The van der Waals surface area contributed by atoms with E-state index in [9.17, 15) is 9.90 Å². The summed E-state index contributed by atoms with van der Waals surface area (Å²) >= 11 is 0. The highest BCUT2D eigenvalue weighted by molar-refractivity contribution is 5.68. The number of aryl methyl sites for hydroxylation is 3. The van der Waals surface area contributed by atoms with Gasteiger partial charge in [-0.1, -0.05) is 6.07 Å². The van der Waals surface area contributed by atoms with Crippen molar-refractivity contribution in [3.8, 4) is 5.88 Å². The van der Waals surface area contributed by atoms with Crippen molar-refractivity contribution < 1.29 is 14.6 Å². The third kappa shape index (κ3) is 5.17. The van der Waals surface area contributed by atoms with Gasteiger partial charge in [-0.2, -0.15) is 15.0 Å². The molecule has 2 N–H and O–H groups in total. The van der Waals surface area contributed by atoms with Gasteiger partial charge in [0, 0.05) is 24.5 Å². The van der Waals surface area contributed by atoms with E-state index in [0.717, 1.165) is 61.4 Å². The van der Waals surface area contributed by atoms with Crippen LogP contribution in [0.25, 0.3) is 0 Å². The molecule has 9 nitrogen and oxygen atoms in total. The Labute approximate surface area is 180 Å². The Hall–Kier alpha value is -3.49. The minimum atomic E-state index is -0.924. The molecule has 0 unspecified atom stereocenters. The number of carbonyl (C=O) groups is 1. The molecule has 9 heteroatoms. The predicted octanol–water partition coefficient (Wildman–Crippen LogP) is 2.67. The molecule has 0 fully saturated rings. The Morgan fingerprint density at radius 3 is 2.87 bits per heavy atom. The molecule has 4 rings (SSSR count). The highest BCUT2D eigenvalue weighted by Crippen LogP contribution is 2.23. The molecule has 1 aliphatic heterocycles. The number of anilines is 1. The Bertz CT molecular complexity index is 1030. The lowest BCUT2D eigenvalue weighted by atomic mass is 10.1. The Kier molecular flexibility index (Phi) is 6.40. The summed E-state index contributed by atoms with van der Waals surface area (Å²) in [6, 6.07) is 7.23. The minimum Gasteiger partial charge on any atom is -0.481 e. The number of nitrogens with zero attached hydrogens (tertiary/aromatic N) is 5. The van der Waals surface area contributed by atoms with E-state index < -0.39 is 12.0 Å². The number of hydrogen-bond acceptors (Lipinski definition) is 7. The van der Waals surface area contributed by atoms with Gasteiger partial charge in [-0.15, -0.1) is 0 Å². The molecule has 31 heavy (non-hydrogen) atoms. The van der Waals surface area contributed by atoms with E-state index >= 15 is 0 Å². The molecule has 0 saturated carbocycles. The van der Waals surface area contributed by atoms with Crippen molar-refractivity contribution in [3.63, 3.8) is 0 Å². The van der Waals surface area contributed by atoms with Crippen molar-refractivity contribution >= 4 is 11.8 Å². The highest BCUT2D eigenvalue weighted by atomic mass is 16.5. The molecule has 3 aromatic rings. The van der Waals surface area contributed by atoms with E-state index in [-0.39, 0.29) is 6.42 Å². The van der Waals surface area contributed by atoms with E-state index in [1.807, 2.05) is 0 Å². The third-order valence-electron chi connectivity index (χ3n) is 5.37. The second-order valence-electron chi connectivity index (χ2n) is 7.60. The van der Waals surface area contributed by atoms with Crippen LogP contribution in [0.1, 0.15) is 47.8 Å². The van der Waals surface area contributed by atoms with Crippen molar-refractivity contribution in [2.75, 3.05) is 19.0 Å². The lowest BCUT2D eigenvalue weighted by Gasteiger charge is -2.17. The van der Waals surface area contributed by atoms with Crippen molar-refractivity contribution in [1.29, 1.82) is 0 Å². The molecule has 0 bridgehead atoms. The molecule has 0 radical (unpaired) electrons. The zero-order valence-electron chi connectivity index (χ0n) is 17.5. The van der Waals surface area contributed by atoms with Crippen molar-refractivity contribution in [1.82, 2.24) is 25.0 Å². The first-order chi connectivity index (χ1) is 15.1. The average molecular weight is 422 g/mol. The Morgan fingerprint density at radius 2 is 2.10 bits per heavy atom. The van der Waals surface area contributed by atoms with Crippen LogP contribution in [0.15, 0.2) is 36.7 Å². The highest BCUT2D eigenvalue weighted by Gasteiger charge is 2.21. The van der Waals surface area contributed by atoms with Gasteiger partial charge in [-0.25, -0.2) is 9.97 Å². The molecule has 0 aliphatic carbocycles. The Balaban J connectivity index is 1.40. The molecule has 1 aliphatic rings. The molecule has 3 aromatic heterocycles. The summed E-state index contributed by atoms with van der Waals surface area (Å²) in [4.78, 5) is 21.8. The lowest BCUT2D eigenvalue weighted by molar-refractivity contribution is -0.137. The van der Waals surface area contributed by atoms with Crippen LogP contribution < -0.4 is 10.1 Å². The van der Waals surface area contributed by atoms with Crippen LogP contribution in [0, 0.1) is 0 Å². The van der Waals surface area contributed by atoms with Gasteiger partial charge in [0.25, 0.3) is 0 Å². The monoisotopic (exact) mass is 422 g/mol. The fraction of sp³-hybridized carbons (Fsp3) is 0.409. The summed E-state index contributed by atoms with van der Waals surface area (Å²) < 4.78 is 5.08. The van der Waals surface area contributed by atoms with E-state index in [1.165, 1.54) is 17.5 Å². The fourth-order valence-corrected chi connectivity index (χ4v) is 3.74. The first-order valence-corrected chi connectivity index (χ1v) is 10.5. The molecule has 4 heterocycles. The van der Waals surface area contributed by atoms with Gasteiger partial charge in [0.1, 0.15) is 11.9 Å². The number of nitrogens with one attached hydrogen (secondary N) is 1. The molecular weight excluding hydrogens is 396 g/mol. The molecule has 0 spiro atoms. The maximum absolute atomic E-state index is 11.4. The smallest absolute Gasteiger partial charge is 0.305 e. The van der Waals surface area contributed by atoms with Crippen molar-refractivity contribution in [2.24, 2.45) is 0 Å². The van der Waals surface area contributed by atoms with Crippen LogP contribution in [-0.4, -0.2) is 49.7 Å². The van der Waals surface area contributed by atoms with Crippen molar-refractivity contribution in [2.45, 2.75) is 44.6 Å².